The molecule has 0 saturated heterocycles. The maximum atomic E-state index is 11.5. The highest BCUT2D eigenvalue weighted by Gasteiger charge is 2.09. The Hall–Kier alpha value is -1.64. The van der Waals surface area contributed by atoms with Crippen LogP contribution in [0.4, 0.5) is 0 Å². The second-order valence-corrected chi connectivity index (χ2v) is 6.33. The van der Waals surface area contributed by atoms with E-state index in [1.165, 1.54) is 23.1 Å². The Morgan fingerprint density at radius 3 is 2.82 bits per heavy atom. The molecule has 1 heterocycles. The molecular formula is C14H16N2O4S2. The van der Waals surface area contributed by atoms with Gasteiger partial charge in [-0.05, 0) is 31.2 Å². The predicted molar refractivity (Wildman–Crippen MR) is 84.5 cm³/mol. The number of nitrogens with zero attached hydrogens (tertiary/aromatic N) is 2. The van der Waals surface area contributed by atoms with Crippen LogP contribution in [0, 0.1) is 0 Å². The minimum absolute atomic E-state index is 0.171. The number of aromatic nitrogens is 2. The van der Waals surface area contributed by atoms with Gasteiger partial charge in [0.1, 0.15) is 17.9 Å². The average Bonchev–Trinajstić information content (AvgIpc) is 3.05. The Morgan fingerprint density at radius 2 is 2.18 bits per heavy atom. The fourth-order valence-corrected chi connectivity index (χ4v) is 2.96. The molecule has 1 N–H and O–H groups in total. The summed E-state index contributed by atoms with van der Waals surface area (Å²) in [6, 6.07) is 6.62. The van der Waals surface area contributed by atoms with Crippen LogP contribution in [0.15, 0.2) is 34.1 Å². The molecule has 8 heteroatoms. The van der Waals surface area contributed by atoms with Crippen LogP contribution in [0.3, 0.4) is 0 Å². The highest BCUT2D eigenvalue weighted by molar-refractivity contribution is 8.01. The molecule has 118 valence electrons. The van der Waals surface area contributed by atoms with E-state index in [1.54, 1.807) is 36.7 Å². The molecule has 0 aliphatic rings. The van der Waals surface area contributed by atoms with Gasteiger partial charge in [-0.25, -0.2) is 4.79 Å². The van der Waals surface area contributed by atoms with E-state index in [4.69, 9.17) is 9.47 Å². The van der Waals surface area contributed by atoms with E-state index in [-0.39, 0.29) is 12.6 Å². The van der Waals surface area contributed by atoms with Crippen molar-refractivity contribution in [3.05, 3.63) is 35.3 Å². The Labute approximate surface area is 136 Å². The third-order valence-corrected chi connectivity index (χ3v) is 4.55. The first-order chi connectivity index (χ1) is 10.7. The van der Waals surface area contributed by atoms with Crippen molar-refractivity contribution in [2.75, 3.05) is 19.0 Å². The summed E-state index contributed by atoms with van der Waals surface area (Å²) >= 11 is 2.87. The molecule has 1 aromatic heterocycles. The van der Waals surface area contributed by atoms with Gasteiger partial charge in [-0.3, -0.25) is 0 Å². The van der Waals surface area contributed by atoms with E-state index in [2.05, 4.69) is 10.2 Å². The van der Waals surface area contributed by atoms with Crippen molar-refractivity contribution in [3.63, 3.8) is 0 Å². The van der Waals surface area contributed by atoms with Crippen molar-refractivity contribution < 1.29 is 19.4 Å². The first kappa shape index (κ1) is 16.7. The van der Waals surface area contributed by atoms with Crippen molar-refractivity contribution in [2.24, 2.45) is 0 Å². The zero-order valence-corrected chi connectivity index (χ0v) is 13.6. The van der Waals surface area contributed by atoms with Crippen LogP contribution in [0.5, 0.6) is 5.75 Å². The van der Waals surface area contributed by atoms with E-state index >= 15 is 0 Å². The molecule has 0 radical (unpaired) electrons. The number of carbonyl (C=O) groups is 1. The van der Waals surface area contributed by atoms with Crippen LogP contribution in [0.1, 0.15) is 17.3 Å². The average molecular weight is 340 g/mol. The smallest absolute Gasteiger partial charge is 0.338 e. The molecule has 0 aliphatic heterocycles. The molecule has 0 amide bonds. The zero-order valence-electron chi connectivity index (χ0n) is 12.0. The Bertz CT molecular complexity index is 575. The largest absolute Gasteiger partial charge is 0.491 e. The van der Waals surface area contributed by atoms with Gasteiger partial charge in [0.25, 0.3) is 0 Å². The summed E-state index contributed by atoms with van der Waals surface area (Å²) in [6.45, 7) is 2.27. The fourth-order valence-electron chi connectivity index (χ4n) is 1.54. The molecule has 0 spiro atoms. The predicted octanol–water partition coefficient (Wildman–Crippen LogP) is 2.25. The second kappa shape index (κ2) is 8.72. The normalized spacial score (nSPS) is 11.9. The number of hydrogen-bond acceptors (Lipinski definition) is 8. The van der Waals surface area contributed by atoms with E-state index in [0.29, 0.717) is 23.7 Å². The molecular weight excluding hydrogens is 324 g/mol. The number of ether oxygens (including phenoxy) is 2. The quantitative estimate of drug-likeness (QED) is 0.583. The van der Waals surface area contributed by atoms with Gasteiger partial charge in [-0.15, -0.1) is 10.2 Å². The van der Waals surface area contributed by atoms with E-state index < -0.39 is 6.10 Å². The molecule has 2 aromatic rings. The van der Waals surface area contributed by atoms with Crippen LogP contribution in [0.25, 0.3) is 0 Å². The van der Waals surface area contributed by atoms with Gasteiger partial charge in [-0.2, -0.15) is 0 Å². The molecule has 1 unspecified atom stereocenters. The maximum absolute atomic E-state index is 11.5. The molecule has 1 atom stereocenters. The van der Waals surface area contributed by atoms with Gasteiger partial charge in [0.2, 0.25) is 0 Å². The van der Waals surface area contributed by atoms with Crippen LogP contribution in [-0.2, 0) is 4.74 Å². The Kier molecular flexibility index (Phi) is 6.63. The van der Waals surface area contributed by atoms with Crippen molar-refractivity contribution in [1.29, 1.82) is 0 Å². The van der Waals surface area contributed by atoms with Crippen LogP contribution in [-0.4, -0.2) is 46.3 Å². The summed E-state index contributed by atoms with van der Waals surface area (Å²) in [7, 11) is 0. The summed E-state index contributed by atoms with van der Waals surface area (Å²) in [4.78, 5) is 11.5. The number of aliphatic hydroxyl groups excluding tert-OH is 1. The summed E-state index contributed by atoms with van der Waals surface area (Å²) in [5.74, 6) is 0.714. The number of rotatable bonds is 8. The topological polar surface area (TPSA) is 81.5 Å². The molecule has 0 aliphatic carbocycles. The lowest BCUT2D eigenvalue weighted by Gasteiger charge is -2.11. The number of benzene rings is 1. The summed E-state index contributed by atoms with van der Waals surface area (Å²) in [6.07, 6.45) is -0.612. The molecule has 6 nitrogen and oxygen atoms in total. The van der Waals surface area contributed by atoms with Gasteiger partial charge in [-0.1, -0.05) is 23.1 Å². The SMILES string of the molecule is CCOC(=O)c1ccc(OCC(O)CSc2nncs2)cc1. The van der Waals surface area contributed by atoms with Crippen molar-refractivity contribution in [3.8, 4) is 5.75 Å². The number of aliphatic hydroxyl groups is 1. The van der Waals surface area contributed by atoms with Gasteiger partial charge in [0.15, 0.2) is 4.34 Å². The molecule has 0 bridgehead atoms. The summed E-state index contributed by atoms with van der Waals surface area (Å²) in [5.41, 5.74) is 2.12. The first-order valence-electron chi connectivity index (χ1n) is 6.66. The lowest BCUT2D eigenvalue weighted by molar-refractivity contribution is 0.0526. The lowest BCUT2D eigenvalue weighted by Crippen LogP contribution is -2.20. The van der Waals surface area contributed by atoms with Crippen LogP contribution < -0.4 is 4.74 Å². The summed E-state index contributed by atoms with van der Waals surface area (Å²) in [5, 5.41) is 17.5. The number of carbonyl (C=O) groups excluding carboxylic acids is 1. The second-order valence-electron chi connectivity index (χ2n) is 4.23. The summed E-state index contributed by atoms with van der Waals surface area (Å²) < 4.78 is 11.2. The van der Waals surface area contributed by atoms with E-state index in [1.807, 2.05) is 0 Å². The molecule has 22 heavy (non-hydrogen) atoms. The number of hydrogen-bond donors (Lipinski definition) is 1. The third kappa shape index (κ3) is 5.28. The Balaban J connectivity index is 1.75. The molecule has 0 saturated carbocycles. The Morgan fingerprint density at radius 1 is 1.41 bits per heavy atom. The van der Waals surface area contributed by atoms with Crippen LogP contribution >= 0.6 is 23.1 Å². The van der Waals surface area contributed by atoms with Crippen molar-refractivity contribution in [1.82, 2.24) is 10.2 Å². The number of thioether (sulfide) groups is 1. The lowest BCUT2D eigenvalue weighted by atomic mass is 10.2. The van der Waals surface area contributed by atoms with Gasteiger partial charge < -0.3 is 14.6 Å². The maximum Gasteiger partial charge on any atom is 0.338 e. The highest BCUT2D eigenvalue weighted by atomic mass is 32.2. The van der Waals surface area contributed by atoms with Gasteiger partial charge >= 0.3 is 5.97 Å². The van der Waals surface area contributed by atoms with E-state index in [9.17, 15) is 9.90 Å². The minimum atomic E-state index is -0.612. The fraction of sp³-hybridized carbons (Fsp3) is 0.357. The first-order valence-corrected chi connectivity index (χ1v) is 8.52. The highest BCUT2D eigenvalue weighted by Crippen LogP contribution is 2.20. The minimum Gasteiger partial charge on any atom is -0.491 e. The third-order valence-electron chi connectivity index (χ3n) is 2.55. The monoisotopic (exact) mass is 340 g/mol. The van der Waals surface area contributed by atoms with Crippen molar-refractivity contribution in [2.45, 2.75) is 17.4 Å². The number of esters is 1. The van der Waals surface area contributed by atoms with Crippen LogP contribution in [0.2, 0.25) is 0 Å². The standard InChI is InChI=1S/C14H16N2O4S2/c1-2-19-13(18)10-3-5-12(6-4-10)20-7-11(17)8-21-14-16-15-9-22-14/h3-6,9,11,17H,2,7-8H2,1H3. The molecule has 1 aromatic carbocycles. The van der Waals surface area contributed by atoms with Gasteiger partial charge in [0.05, 0.1) is 18.3 Å². The zero-order chi connectivity index (χ0) is 15.8. The van der Waals surface area contributed by atoms with Gasteiger partial charge in [0, 0.05) is 5.75 Å². The van der Waals surface area contributed by atoms with Crippen molar-refractivity contribution >= 4 is 29.1 Å². The molecule has 0 fully saturated rings. The molecule has 2 rings (SSSR count). The van der Waals surface area contributed by atoms with E-state index in [0.717, 1.165) is 4.34 Å².